The van der Waals surface area contributed by atoms with E-state index in [2.05, 4.69) is 20.8 Å². The summed E-state index contributed by atoms with van der Waals surface area (Å²) in [4.78, 5) is 104. The van der Waals surface area contributed by atoms with Crippen LogP contribution >= 0.6 is 0 Å². The second-order valence-corrected chi connectivity index (χ2v) is 20.9. The van der Waals surface area contributed by atoms with E-state index in [9.17, 15) is 33.6 Å². The van der Waals surface area contributed by atoms with E-state index in [-0.39, 0.29) is 73.0 Å². The molecule has 3 aromatic rings. The Balaban J connectivity index is 1.22. The first kappa shape index (κ1) is 59.8. The quantitative estimate of drug-likeness (QED) is 0.0574. The Bertz CT molecular complexity index is 2330. The molecule has 412 valence electrons. The number of ether oxygens (including phenoxy) is 2. The van der Waals surface area contributed by atoms with Crippen molar-refractivity contribution in [2.75, 3.05) is 41.4 Å². The SMILES string of the molecule is CC[C@H](C)[C@@H]([C@@H](CC(=O)N1CCC[C@H]1[C@H](OC)[C@@H](C)C(=O)N[C@@H](Cc1ccccc1)c1nnc(-c2ccccc2)o1)OC)N(C)C(=O)[C@@H](NC(=O)[C@H](C(C)C)N(C)CCCCCC(=O)ON1C(=O)CCC1=O)C(C)C. The Labute approximate surface area is 443 Å². The van der Waals surface area contributed by atoms with Gasteiger partial charge in [-0.2, -0.15) is 0 Å². The first-order chi connectivity index (χ1) is 35.8. The van der Waals surface area contributed by atoms with Gasteiger partial charge in [0.15, 0.2) is 0 Å². The first-order valence-corrected chi connectivity index (χ1v) is 26.7. The van der Waals surface area contributed by atoms with Crippen LogP contribution < -0.4 is 10.6 Å². The zero-order valence-corrected chi connectivity index (χ0v) is 46.0. The second kappa shape index (κ2) is 28.7. The van der Waals surface area contributed by atoms with Crippen molar-refractivity contribution in [2.45, 2.75) is 162 Å². The number of rotatable bonds is 29. The van der Waals surface area contributed by atoms with Gasteiger partial charge in [0.05, 0.1) is 42.7 Å². The minimum atomic E-state index is -0.881. The van der Waals surface area contributed by atoms with Gasteiger partial charge in [0.25, 0.3) is 11.8 Å². The summed E-state index contributed by atoms with van der Waals surface area (Å²) in [5.41, 5.74) is 1.73. The summed E-state index contributed by atoms with van der Waals surface area (Å²) < 4.78 is 18.4. The van der Waals surface area contributed by atoms with Crippen LogP contribution in [-0.2, 0) is 54.3 Å². The van der Waals surface area contributed by atoms with Crippen LogP contribution in [0.1, 0.15) is 130 Å². The molecule has 6 amide bonds. The molecule has 3 heterocycles. The average Bonchev–Trinajstić information content (AvgIpc) is 4.16. The molecule has 2 aliphatic heterocycles. The predicted octanol–water partition coefficient (Wildman–Crippen LogP) is 6.32. The Hall–Kier alpha value is -6.05. The average molecular weight is 1040 g/mol. The molecule has 2 N–H and O–H groups in total. The fourth-order valence-corrected chi connectivity index (χ4v) is 10.5. The third-order valence-corrected chi connectivity index (χ3v) is 14.8. The maximum absolute atomic E-state index is 14.7. The van der Waals surface area contributed by atoms with E-state index in [4.69, 9.17) is 18.7 Å². The highest BCUT2D eigenvalue weighted by Gasteiger charge is 2.44. The highest BCUT2D eigenvalue weighted by Crippen LogP contribution is 2.31. The van der Waals surface area contributed by atoms with Crippen LogP contribution in [0.15, 0.2) is 65.1 Å². The highest BCUT2D eigenvalue weighted by molar-refractivity contribution is 6.01. The van der Waals surface area contributed by atoms with Crippen LogP contribution in [0, 0.1) is 23.7 Å². The Morgan fingerprint density at radius 1 is 0.813 bits per heavy atom. The fourth-order valence-electron chi connectivity index (χ4n) is 10.5. The number of benzene rings is 2. The van der Waals surface area contributed by atoms with Crippen molar-refractivity contribution in [3.05, 3.63) is 72.1 Å². The van der Waals surface area contributed by atoms with Crippen LogP contribution in [-0.4, -0.2) is 149 Å². The van der Waals surface area contributed by atoms with Crippen molar-refractivity contribution < 1.29 is 52.3 Å². The number of amides is 6. The Morgan fingerprint density at radius 2 is 1.47 bits per heavy atom. The number of nitrogens with zero attached hydrogens (tertiary/aromatic N) is 6. The number of methoxy groups -OCH3 is 2. The van der Waals surface area contributed by atoms with E-state index >= 15 is 0 Å². The van der Waals surface area contributed by atoms with E-state index in [1.807, 2.05) is 114 Å². The number of carbonyl (C=O) groups is 7. The van der Waals surface area contributed by atoms with Crippen LogP contribution in [0.3, 0.4) is 0 Å². The number of hydrogen-bond donors (Lipinski definition) is 2. The summed E-state index contributed by atoms with van der Waals surface area (Å²) in [6, 6.07) is 16.1. The van der Waals surface area contributed by atoms with E-state index < -0.39 is 66.1 Å². The lowest BCUT2D eigenvalue weighted by Gasteiger charge is -2.41. The van der Waals surface area contributed by atoms with Gasteiger partial charge in [0, 0.05) is 59.1 Å². The number of likely N-dealkylation sites (N-methyl/N-ethyl adjacent to an activating group) is 2. The minimum absolute atomic E-state index is 0.0318. The number of imide groups is 1. The van der Waals surface area contributed by atoms with Crippen LogP contribution in [0.2, 0.25) is 0 Å². The molecule has 1 aromatic heterocycles. The number of carbonyl (C=O) groups excluding carboxylic acids is 7. The molecule has 0 spiro atoms. The maximum Gasteiger partial charge on any atom is 0.333 e. The normalized spacial score (nSPS) is 18.1. The summed E-state index contributed by atoms with van der Waals surface area (Å²) >= 11 is 0. The summed E-state index contributed by atoms with van der Waals surface area (Å²) in [7, 11) is 6.67. The lowest BCUT2D eigenvalue weighted by atomic mass is 9.89. The molecule has 2 saturated heterocycles. The van der Waals surface area contributed by atoms with Crippen LogP contribution in [0.5, 0.6) is 0 Å². The number of aromatic nitrogens is 2. The molecule has 0 unspecified atom stereocenters. The van der Waals surface area contributed by atoms with Gasteiger partial charge in [0.2, 0.25) is 35.4 Å². The van der Waals surface area contributed by atoms with Crippen molar-refractivity contribution in [3.8, 4) is 11.5 Å². The molecule has 75 heavy (non-hydrogen) atoms. The number of nitrogens with one attached hydrogen (secondary N) is 2. The fraction of sp³-hybridized carbons (Fsp3) is 0.625. The number of hydrogen-bond acceptors (Lipinski definition) is 14. The molecule has 2 aliphatic rings. The van der Waals surface area contributed by atoms with Gasteiger partial charge in [-0.15, -0.1) is 15.3 Å². The molecule has 0 aliphatic carbocycles. The van der Waals surface area contributed by atoms with Gasteiger partial charge < -0.3 is 39.2 Å². The van der Waals surface area contributed by atoms with Crippen molar-refractivity contribution in [3.63, 3.8) is 0 Å². The Kier molecular flexibility index (Phi) is 22.9. The standard InChI is InChI=1S/C56H82N8O11/c1-12-37(6)50(62(9)56(71)48(35(2)3)58-53(70)49(36(4)5)61(8)31-21-15-20-28-47(68)75-64-44(65)29-30-45(64)66)43(72-10)34-46(67)63-32-22-27-42(63)51(73-11)38(7)52(69)57-41(33-39-23-16-13-17-24-39)55-60-59-54(74-55)40-25-18-14-19-26-40/h13-14,16-19,23-26,35-38,41-43,48-51H,12,15,20-22,27-34H2,1-11H3,(H,57,69)(H,58,70)/t37-,38+,41-,42-,43+,48-,49-,50-,51+/m0/s1. The smallest absolute Gasteiger partial charge is 0.333 e. The van der Waals surface area contributed by atoms with Crippen molar-refractivity contribution in [1.29, 1.82) is 0 Å². The highest BCUT2D eigenvalue weighted by atomic mass is 16.7. The van der Waals surface area contributed by atoms with Gasteiger partial charge >= 0.3 is 5.97 Å². The summed E-state index contributed by atoms with van der Waals surface area (Å²) in [6.45, 7) is 14.5. The minimum Gasteiger partial charge on any atom is -0.418 e. The second-order valence-electron chi connectivity index (χ2n) is 20.9. The van der Waals surface area contributed by atoms with E-state index in [1.165, 1.54) is 0 Å². The Morgan fingerprint density at radius 3 is 2.07 bits per heavy atom. The molecule has 2 fully saturated rings. The van der Waals surface area contributed by atoms with Gasteiger partial charge in [-0.1, -0.05) is 110 Å². The van der Waals surface area contributed by atoms with Crippen LogP contribution in [0.4, 0.5) is 0 Å². The lowest BCUT2D eigenvalue weighted by Crippen LogP contribution is -2.60. The largest absolute Gasteiger partial charge is 0.418 e. The van der Waals surface area contributed by atoms with E-state index in [1.54, 1.807) is 38.0 Å². The third-order valence-electron chi connectivity index (χ3n) is 14.8. The first-order valence-electron chi connectivity index (χ1n) is 26.7. The predicted molar refractivity (Wildman–Crippen MR) is 281 cm³/mol. The van der Waals surface area contributed by atoms with Gasteiger partial charge in [-0.25, -0.2) is 4.79 Å². The molecule has 2 aromatic carbocycles. The lowest BCUT2D eigenvalue weighted by molar-refractivity contribution is -0.197. The molecular weight excluding hydrogens is 961 g/mol. The molecule has 0 radical (unpaired) electrons. The maximum atomic E-state index is 14.7. The third kappa shape index (κ3) is 16.0. The van der Waals surface area contributed by atoms with E-state index in [0.717, 1.165) is 11.1 Å². The summed E-state index contributed by atoms with van der Waals surface area (Å²) in [5.74, 6) is -3.32. The van der Waals surface area contributed by atoms with Crippen molar-refractivity contribution >= 4 is 41.4 Å². The molecule has 0 bridgehead atoms. The number of hydroxylamine groups is 2. The monoisotopic (exact) mass is 1040 g/mol. The molecule has 0 saturated carbocycles. The zero-order valence-electron chi connectivity index (χ0n) is 46.0. The number of unbranched alkanes of at least 4 members (excludes halogenated alkanes) is 2. The molecule has 5 rings (SSSR count). The molecule has 9 atom stereocenters. The van der Waals surface area contributed by atoms with Gasteiger partial charge in [-0.3, -0.25) is 33.7 Å². The number of likely N-dealkylation sites (tertiary alicyclic amines) is 1. The van der Waals surface area contributed by atoms with E-state index in [0.29, 0.717) is 69.0 Å². The van der Waals surface area contributed by atoms with Crippen molar-refractivity contribution in [2.24, 2.45) is 23.7 Å². The van der Waals surface area contributed by atoms with Gasteiger partial charge in [-0.05, 0) is 74.7 Å². The summed E-state index contributed by atoms with van der Waals surface area (Å²) in [6.07, 6.45) is 2.91. The zero-order chi connectivity index (χ0) is 54.9. The molecule has 19 heteroatoms. The van der Waals surface area contributed by atoms with Crippen molar-refractivity contribution in [1.82, 2.24) is 40.6 Å². The molecular formula is C56H82N8O11. The molecule has 19 nitrogen and oxygen atoms in total. The van der Waals surface area contributed by atoms with Gasteiger partial charge in [0.1, 0.15) is 12.1 Å². The van der Waals surface area contributed by atoms with Crippen LogP contribution in [0.25, 0.3) is 11.5 Å². The summed E-state index contributed by atoms with van der Waals surface area (Å²) in [5, 5.41) is 15.4. The topological polar surface area (TPSA) is 223 Å².